The van der Waals surface area contributed by atoms with Crippen molar-refractivity contribution in [1.82, 2.24) is 0 Å². The van der Waals surface area contributed by atoms with E-state index in [-0.39, 0.29) is 0 Å². The van der Waals surface area contributed by atoms with Gasteiger partial charge >= 0.3 is 5.97 Å². The standard InChI is InChI=1S/C16H13Cl2NO4/c1-22-14-4-2-10(3-5-14)16(21)23-9-15(20)19-13-7-11(17)6-12(18)8-13/h2-8H,9H2,1H3,(H,19,20). The van der Waals surface area contributed by atoms with Gasteiger partial charge in [-0.25, -0.2) is 4.79 Å². The Morgan fingerprint density at radius 3 is 2.22 bits per heavy atom. The van der Waals surface area contributed by atoms with Crippen LogP contribution in [0.5, 0.6) is 5.75 Å². The highest BCUT2D eigenvalue weighted by molar-refractivity contribution is 6.35. The van der Waals surface area contributed by atoms with E-state index in [1.54, 1.807) is 30.3 Å². The predicted molar refractivity (Wildman–Crippen MR) is 88.4 cm³/mol. The first-order valence-electron chi connectivity index (χ1n) is 6.55. The normalized spacial score (nSPS) is 10.0. The highest BCUT2D eigenvalue weighted by atomic mass is 35.5. The number of amides is 1. The van der Waals surface area contributed by atoms with Gasteiger partial charge in [0.15, 0.2) is 6.61 Å². The smallest absolute Gasteiger partial charge is 0.338 e. The summed E-state index contributed by atoms with van der Waals surface area (Å²) < 4.78 is 9.93. The van der Waals surface area contributed by atoms with Crippen LogP contribution in [0, 0.1) is 0 Å². The molecule has 0 aliphatic heterocycles. The minimum Gasteiger partial charge on any atom is -0.497 e. The summed E-state index contributed by atoms with van der Waals surface area (Å²) in [4.78, 5) is 23.6. The van der Waals surface area contributed by atoms with Crippen LogP contribution in [-0.2, 0) is 9.53 Å². The minimum atomic E-state index is -0.605. The Labute approximate surface area is 143 Å². The third-order valence-electron chi connectivity index (χ3n) is 2.81. The average Bonchev–Trinajstić information content (AvgIpc) is 2.51. The molecule has 0 bridgehead atoms. The fourth-order valence-electron chi connectivity index (χ4n) is 1.76. The molecule has 1 amide bonds. The lowest BCUT2D eigenvalue weighted by Gasteiger charge is -2.08. The maximum Gasteiger partial charge on any atom is 0.338 e. The zero-order chi connectivity index (χ0) is 16.8. The zero-order valence-corrected chi connectivity index (χ0v) is 13.6. The Bertz CT molecular complexity index is 696. The summed E-state index contributed by atoms with van der Waals surface area (Å²) in [5, 5.41) is 3.33. The van der Waals surface area contributed by atoms with Gasteiger partial charge in [0.05, 0.1) is 12.7 Å². The Morgan fingerprint density at radius 1 is 1.04 bits per heavy atom. The number of esters is 1. The SMILES string of the molecule is COc1ccc(C(=O)OCC(=O)Nc2cc(Cl)cc(Cl)c2)cc1. The molecule has 0 saturated carbocycles. The molecule has 0 aromatic heterocycles. The molecule has 2 aromatic carbocycles. The number of benzene rings is 2. The summed E-state index contributed by atoms with van der Waals surface area (Å²) in [6.45, 7) is -0.422. The molecule has 0 unspecified atom stereocenters. The fourth-order valence-corrected chi connectivity index (χ4v) is 2.29. The molecular weight excluding hydrogens is 341 g/mol. The predicted octanol–water partition coefficient (Wildman–Crippen LogP) is 3.80. The lowest BCUT2D eigenvalue weighted by atomic mass is 10.2. The van der Waals surface area contributed by atoms with E-state index in [2.05, 4.69) is 5.32 Å². The van der Waals surface area contributed by atoms with Gasteiger partial charge in [0, 0.05) is 15.7 Å². The molecule has 0 fully saturated rings. The quantitative estimate of drug-likeness (QED) is 0.830. The molecule has 0 heterocycles. The van der Waals surface area contributed by atoms with Crippen molar-refractivity contribution in [1.29, 1.82) is 0 Å². The van der Waals surface area contributed by atoms with Gasteiger partial charge in [0.2, 0.25) is 0 Å². The van der Waals surface area contributed by atoms with Crippen LogP contribution in [0.25, 0.3) is 0 Å². The molecule has 0 spiro atoms. The molecule has 0 atom stereocenters. The largest absolute Gasteiger partial charge is 0.497 e. The summed E-state index contributed by atoms with van der Waals surface area (Å²) >= 11 is 11.7. The molecule has 5 nitrogen and oxygen atoms in total. The first kappa shape index (κ1) is 17.1. The van der Waals surface area contributed by atoms with E-state index in [0.717, 1.165) is 0 Å². The summed E-state index contributed by atoms with van der Waals surface area (Å²) in [5.41, 5.74) is 0.748. The molecule has 1 N–H and O–H groups in total. The van der Waals surface area contributed by atoms with E-state index >= 15 is 0 Å². The zero-order valence-electron chi connectivity index (χ0n) is 12.1. The third kappa shape index (κ3) is 5.16. The number of anilines is 1. The van der Waals surface area contributed by atoms with E-state index in [4.69, 9.17) is 32.7 Å². The van der Waals surface area contributed by atoms with Crippen molar-refractivity contribution in [3.63, 3.8) is 0 Å². The number of carbonyl (C=O) groups is 2. The van der Waals surface area contributed by atoms with Crippen LogP contribution in [0.2, 0.25) is 10.0 Å². The molecule has 120 valence electrons. The number of halogens is 2. The van der Waals surface area contributed by atoms with E-state index in [0.29, 0.717) is 27.0 Å². The summed E-state index contributed by atoms with van der Waals surface area (Å²) in [6.07, 6.45) is 0. The van der Waals surface area contributed by atoms with Crippen molar-refractivity contribution < 1.29 is 19.1 Å². The number of rotatable bonds is 5. The minimum absolute atomic E-state index is 0.324. The van der Waals surface area contributed by atoms with Gasteiger partial charge in [0.1, 0.15) is 5.75 Å². The third-order valence-corrected chi connectivity index (χ3v) is 3.24. The lowest BCUT2D eigenvalue weighted by Crippen LogP contribution is -2.20. The van der Waals surface area contributed by atoms with Crippen LogP contribution >= 0.6 is 23.2 Å². The Hall–Kier alpha value is -2.24. The first-order valence-corrected chi connectivity index (χ1v) is 7.30. The van der Waals surface area contributed by atoms with E-state index in [1.807, 2.05) is 0 Å². The molecule has 2 rings (SSSR count). The van der Waals surface area contributed by atoms with Crippen LogP contribution in [0.4, 0.5) is 5.69 Å². The van der Waals surface area contributed by atoms with Crippen molar-refractivity contribution in [2.24, 2.45) is 0 Å². The van der Waals surface area contributed by atoms with Gasteiger partial charge in [-0.15, -0.1) is 0 Å². The Morgan fingerprint density at radius 2 is 1.65 bits per heavy atom. The second kappa shape index (κ2) is 7.85. The van der Waals surface area contributed by atoms with Crippen LogP contribution in [0.1, 0.15) is 10.4 Å². The average molecular weight is 354 g/mol. The maximum atomic E-state index is 11.8. The summed E-state index contributed by atoms with van der Waals surface area (Å²) in [7, 11) is 1.53. The van der Waals surface area contributed by atoms with Crippen molar-refractivity contribution in [2.45, 2.75) is 0 Å². The topological polar surface area (TPSA) is 64.6 Å². The number of methoxy groups -OCH3 is 1. The molecule has 0 saturated heterocycles. The van der Waals surface area contributed by atoms with Crippen LogP contribution in [0.15, 0.2) is 42.5 Å². The van der Waals surface area contributed by atoms with Crippen LogP contribution in [0.3, 0.4) is 0 Å². The van der Waals surface area contributed by atoms with Crippen LogP contribution in [-0.4, -0.2) is 25.6 Å². The second-order valence-corrected chi connectivity index (χ2v) is 5.38. The molecule has 2 aromatic rings. The van der Waals surface area contributed by atoms with E-state index < -0.39 is 18.5 Å². The number of hydrogen-bond acceptors (Lipinski definition) is 4. The number of carbonyl (C=O) groups excluding carboxylic acids is 2. The molecule has 0 aliphatic carbocycles. The molecule has 23 heavy (non-hydrogen) atoms. The number of ether oxygens (including phenoxy) is 2. The van der Waals surface area contributed by atoms with Crippen molar-refractivity contribution in [3.8, 4) is 5.75 Å². The van der Waals surface area contributed by atoms with Gasteiger partial charge in [0.25, 0.3) is 5.91 Å². The van der Waals surface area contributed by atoms with E-state index in [9.17, 15) is 9.59 Å². The summed E-state index contributed by atoms with van der Waals surface area (Å²) in [6, 6.07) is 11.0. The van der Waals surface area contributed by atoms with Crippen LogP contribution < -0.4 is 10.1 Å². The monoisotopic (exact) mass is 353 g/mol. The van der Waals surface area contributed by atoms with E-state index in [1.165, 1.54) is 19.2 Å². The van der Waals surface area contributed by atoms with Crippen molar-refractivity contribution in [2.75, 3.05) is 19.0 Å². The van der Waals surface area contributed by atoms with Crippen molar-refractivity contribution in [3.05, 3.63) is 58.1 Å². The van der Waals surface area contributed by atoms with Gasteiger partial charge in [-0.05, 0) is 42.5 Å². The van der Waals surface area contributed by atoms with Gasteiger partial charge < -0.3 is 14.8 Å². The summed E-state index contributed by atoms with van der Waals surface area (Å²) in [5.74, 6) is -0.478. The maximum absolute atomic E-state index is 11.8. The lowest BCUT2D eigenvalue weighted by molar-refractivity contribution is -0.119. The Kier molecular flexibility index (Phi) is 5.84. The highest BCUT2D eigenvalue weighted by Gasteiger charge is 2.11. The van der Waals surface area contributed by atoms with Gasteiger partial charge in [-0.3, -0.25) is 4.79 Å². The van der Waals surface area contributed by atoms with Crippen molar-refractivity contribution >= 4 is 40.8 Å². The molecule has 0 radical (unpaired) electrons. The highest BCUT2D eigenvalue weighted by Crippen LogP contribution is 2.22. The number of nitrogens with one attached hydrogen (secondary N) is 1. The first-order chi connectivity index (χ1) is 11.0. The Balaban J connectivity index is 1.89. The van der Waals surface area contributed by atoms with Gasteiger partial charge in [-0.2, -0.15) is 0 Å². The molecule has 0 aliphatic rings. The molecular formula is C16H13Cl2NO4. The second-order valence-electron chi connectivity index (χ2n) is 4.51. The number of hydrogen-bond donors (Lipinski definition) is 1. The molecule has 7 heteroatoms. The fraction of sp³-hybridized carbons (Fsp3) is 0.125. The van der Waals surface area contributed by atoms with Gasteiger partial charge in [-0.1, -0.05) is 23.2 Å².